The number of para-hydroxylation sites is 1. The van der Waals surface area contributed by atoms with E-state index in [0.717, 1.165) is 22.2 Å². The van der Waals surface area contributed by atoms with Crippen LogP contribution in [0.3, 0.4) is 0 Å². The summed E-state index contributed by atoms with van der Waals surface area (Å²) in [7, 11) is 0. The number of aromatic amines is 1. The molecule has 0 radical (unpaired) electrons. The van der Waals surface area contributed by atoms with Crippen LogP contribution >= 0.6 is 0 Å². The second kappa shape index (κ2) is 6.67. The Morgan fingerprint density at radius 3 is 2.38 bits per heavy atom. The minimum atomic E-state index is 0.0564. The molecule has 0 saturated carbocycles. The first-order chi connectivity index (χ1) is 11.5. The summed E-state index contributed by atoms with van der Waals surface area (Å²) in [6, 6.07) is 7.89. The number of hydrogen-bond donors (Lipinski definition) is 1. The van der Waals surface area contributed by atoms with Crippen LogP contribution in [-0.2, 0) is 4.79 Å². The molecule has 1 aliphatic rings. The molecule has 128 valence electrons. The standard InChI is InChI=1S/C19H25N3O2/c1-13(2)12-17(23)21-8-10-22(11-9-21)19(24)18-14(3)20-16-7-5-4-6-15(16)18/h4-7,13,20H,8-12H2,1-3H3. The summed E-state index contributed by atoms with van der Waals surface area (Å²) in [5.74, 6) is 0.618. The van der Waals surface area contributed by atoms with Gasteiger partial charge in [0.1, 0.15) is 0 Å². The predicted molar refractivity (Wildman–Crippen MR) is 95.0 cm³/mol. The van der Waals surface area contributed by atoms with Gasteiger partial charge in [-0.25, -0.2) is 0 Å². The van der Waals surface area contributed by atoms with Gasteiger partial charge >= 0.3 is 0 Å². The van der Waals surface area contributed by atoms with Crippen molar-refractivity contribution in [3.63, 3.8) is 0 Å². The first-order valence-corrected chi connectivity index (χ1v) is 8.61. The fourth-order valence-electron chi connectivity index (χ4n) is 3.35. The van der Waals surface area contributed by atoms with Crippen LogP contribution in [0.1, 0.15) is 36.3 Å². The molecular formula is C19H25N3O2. The lowest BCUT2D eigenvalue weighted by Gasteiger charge is -2.35. The first-order valence-electron chi connectivity index (χ1n) is 8.61. The molecule has 5 heteroatoms. The molecular weight excluding hydrogens is 302 g/mol. The fourth-order valence-corrected chi connectivity index (χ4v) is 3.35. The van der Waals surface area contributed by atoms with Crippen molar-refractivity contribution >= 4 is 22.7 Å². The van der Waals surface area contributed by atoms with E-state index in [9.17, 15) is 9.59 Å². The van der Waals surface area contributed by atoms with Crippen molar-refractivity contribution in [2.45, 2.75) is 27.2 Å². The molecule has 5 nitrogen and oxygen atoms in total. The minimum Gasteiger partial charge on any atom is -0.358 e. The van der Waals surface area contributed by atoms with Gasteiger partial charge in [-0.3, -0.25) is 9.59 Å². The summed E-state index contributed by atoms with van der Waals surface area (Å²) < 4.78 is 0. The third kappa shape index (κ3) is 3.16. The molecule has 0 aliphatic carbocycles. The molecule has 0 bridgehead atoms. The van der Waals surface area contributed by atoms with Crippen molar-refractivity contribution in [1.29, 1.82) is 0 Å². The lowest BCUT2D eigenvalue weighted by atomic mass is 10.1. The third-order valence-electron chi connectivity index (χ3n) is 4.61. The molecule has 0 atom stereocenters. The van der Waals surface area contributed by atoms with Crippen LogP contribution in [0.2, 0.25) is 0 Å². The Balaban J connectivity index is 1.71. The highest BCUT2D eigenvalue weighted by Gasteiger charge is 2.27. The van der Waals surface area contributed by atoms with Crippen molar-refractivity contribution < 1.29 is 9.59 Å². The van der Waals surface area contributed by atoms with Gasteiger partial charge in [-0.15, -0.1) is 0 Å². The number of aromatic nitrogens is 1. The van der Waals surface area contributed by atoms with E-state index in [1.165, 1.54) is 0 Å². The van der Waals surface area contributed by atoms with E-state index in [2.05, 4.69) is 18.8 Å². The van der Waals surface area contributed by atoms with Crippen molar-refractivity contribution in [3.05, 3.63) is 35.5 Å². The van der Waals surface area contributed by atoms with Gasteiger partial charge in [-0.2, -0.15) is 0 Å². The van der Waals surface area contributed by atoms with E-state index in [0.29, 0.717) is 38.5 Å². The zero-order valence-corrected chi connectivity index (χ0v) is 14.6. The molecule has 1 aliphatic heterocycles. The largest absolute Gasteiger partial charge is 0.358 e. The average molecular weight is 327 g/mol. The highest BCUT2D eigenvalue weighted by atomic mass is 16.2. The van der Waals surface area contributed by atoms with Gasteiger partial charge in [0.2, 0.25) is 5.91 Å². The van der Waals surface area contributed by atoms with Crippen LogP contribution in [-0.4, -0.2) is 52.8 Å². The predicted octanol–water partition coefficient (Wildman–Crippen LogP) is 2.81. The van der Waals surface area contributed by atoms with Gasteiger partial charge in [0, 0.05) is 49.2 Å². The van der Waals surface area contributed by atoms with Crippen LogP contribution in [0.4, 0.5) is 0 Å². The number of H-pyrrole nitrogens is 1. The number of fused-ring (bicyclic) bond motifs is 1. The summed E-state index contributed by atoms with van der Waals surface area (Å²) in [5, 5.41) is 0.971. The van der Waals surface area contributed by atoms with E-state index in [4.69, 9.17) is 0 Å². The van der Waals surface area contributed by atoms with Crippen molar-refractivity contribution in [2.24, 2.45) is 5.92 Å². The van der Waals surface area contributed by atoms with Crippen LogP contribution in [0, 0.1) is 12.8 Å². The average Bonchev–Trinajstić information content (AvgIpc) is 2.89. The molecule has 2 aromatic rings. The molecule has 24 heavy (non-hydrogen) atoms. The number of piperazine rings is 1. The number of rotatable bonds is 3. The van der Waals surface area contributed by atoms with Gasteiger partial charge in [0.05, 0.1) is 5.56 Å². The highest BCUT2D eigenvalue weighted by Crippen LogP contribution is 2.24. The van der Waals surface area contributed by atoms with E-state index in [1.807, 2.05) is 41.0 Å². The van der Waals surface area contributed by atoms with Gasteiger partial charge in [0.15, 0.2) is 0 Å². The lowest BCUT2D eigenvalue weighted by Crippen LogP contribution is -2.50. The Kier molecular flexibility index (Phi) is 4.60. The summed E-state index contributed by atoms with van der Waals surface area (Å²) in [5.41, 5.74) is 2.65. The zero-order chi connectivity index (χ0) is 17.3. The number of amides is 2. The number of nitrogens with one attached hydrogen (secondary N) is 1. The fraction of sp³-hybridized carbons (Fsp3) is 0.474. The topological polar surface area (TPSA) is 56.4 Å². The summed E-state index contributed by atoms with van der Waals surface area (Å²) in [4.78, 5) is 32.1. The van der Waals surface area contributed by atoms with E-state index < -0.39 is 0 Å². The normalized spacial score (nSPS) is 15.3. The number of aryl methyl sites for hydroxylation is 1. The second-order valence-electron chi connectivity index (χ2n) is 6.94. The molecule has 1 saturated heterocycles. The van der Waals surface area contributed by atoms with Gasteiger partial charge in [0.25, 0.3) is 5.91 Å². The summed E-state index contributed by atoms with van der Waals surface area (Å²) in [6.45, 7) is 8.49. The first kappa shape index (κ1) is 16.6. The van der Waals surface area contributed by atoms with Gasteiger partial charge in [-0.1, -0.05) is 32.0 Å². The number of benzene rings is 1. The maximum Gasteiger partial charge on any atom is 0.256 e. The van der Waals surface area contributed by atoms with E-state index >= 15 is 0 Å². The maximum atomic E-state index is 13.0. The van der Waals surface area contributed by atoms with Gasteiger partial charge in [-0.05, 0) is 18.9 Å². The van der Waals surface area contributed by atoms with Crippen LogP contribution in [0.15, 0.2) is 24.3 Å². The van der Waals surface area contributed by atoms with Crippen molar-refractivity contribution in [3.8, 4) is 0 Å². The molecule has 3 rings (SSSR count). The Labute approximate surface area is 142 Å². The highest BCUT2D eigenvalue weighted by molar-refractivity contribution is 6.08. The zero-order valence-electron chi connectivity index (χ0n) is 14.6. The summed E-state index contributed by atoms with van der Waals surface area (Å²) in [6.07, 6.45) is 0.579. The molecule has 1 fully saturated rings. The quantitative estimate of drug-likeness (QED) is 0.942. The molecule has 0 spiro atoms. The number of hydrogen-bond acceptors (Lipinski definition) is 2. The molecule has 1 N–H and O–H groups in total. The SMILES string of the molecule is Cc1[nH]c2ccccc2c1C(=O)N1CCN(C(=O)CC(C)C)CC1. The molecule has 1 aromatic heterocycles. The van der Waals surface area contributed by atoms with Crippen LogP contribution < -0.4 is 0 Å². The smallest absolute Gasteiger partial charge is 0.256 e. The maximum absolute atomic E-state index is 13.0. The van der Waals surface area contributed by atoms with E-state index in [1.54, 1.807) is 0 Å². The third-order valence-corrected chi connectivity index (χ3v) is 4.61. The Morgan fingerprint density at radius 2 is 1.71 bits per heavy atom. The Morgan fingerprint density at radius 1 is 1.08 bits per heavy atom. The Bertz CT molecular complexity index is 755. The van der Waals surface area contributed by atoms with Crippen LogP contribution in [0.5, 0.6) is 0 Å². The second-order valence-corrected chi connectivity index (χ2v) is 6.94. The Hall–Kier alpha value is -2.30. The molecule has 0 unspecified atom stereocenters. The number of carbonyl (C=O) groups is 2. The lowest BCUT2D eigenvalue weighted by molar-refractivity contribution is -0.133. The molecule has 1 aromatic carbocycles. The van der Waals surface area contributed by atoms with E-state index in [-0.39, 0.29) is 11.8 Å². The molecule has 2 amide bonds. The minimum absolute atomic E-state index is 0.0564. The number of nitrogens with zero attached hydrogens (tertiary/aromatic N) is 2. The van der Waals surface area contributed by atoms with Crippen molar-refractivity contribution in [1.82, 2.24) is 14.8 Å². The number of carbonyl (C=O) groups excluding carboxylic acids is 2. The van der Waals surface area contributed by atoms with Gasteiger partial charge < -0.3 is 14.8 Å². The molecule has 2 heterocycles. The van der Waals surface area contributed by atoms with Crippen molar-refractivity contribution in [2.75, 3.05) is 26.2 Å². The summed E-state index contributed by atoms with van der Waals surface area (Å²) >= 11 is 0. The van der Waals surface area contributed by atoms with Crippen LogP contribution in [0.25, 0.3) is 10.9 Å². The monoisotopic (exact) mass is 327 g/mol.